The van der Waals surface area contributed by atoms with Gasteiger partial charge in [-0.3, -0.25) is 9.18 Å². The lowest BCUT2D eigenvalue weighted by atomic mass is 10.1. The Labute approximate surface area is 328 Å². The van der Waals surface area contributed by atoms with Crippen LogP contribution in [0, 0.1) is 0 Å². The number of imidazole rings is 1. The van der Waals surface area contributed by atoms with Gasteiger partial charge in [-0.2, -0.15) is 0 Å². The van der Waals surface area contributed by atoms with Crippen molar-refractivity contribution in [2.45, 2.75) is 57.7 Å². The lowest BCUT2D eigenvalue weighted by molar-refractivity contribution is 0.0532. The number of rotatable bonds is 5. The van der Waals surface area contributed by atoms with Crippen LogP contribution >= 0.6 is 0 Å². The number of pyridine rings is 1. The first kappa shape index (κ1) is 36.2. The van der Waals surface area contributed by atoms with Gasteiger partial charge < -0.3 is 34.7 Å². The number of carbonyl (C=O) groups is 1. The van der Waals surface area contributed by atoms with Gasteiger partial charge in [0.2, 0.25) is 0 Å². The summed E-state index contributed by atoms with van der Waals surface area (Å²) in [6.45, 7) is 9.07. The van der Waals surface area contributed by atoms with E-state index in [0.29, 0.717) is 66.0 Å². The average Bonchev–Trinajstić information content (AvgIpc) is 3.58. The van der Waals surface area contributed by atoms with Crippen LogP contribution in [0.25, 0.3) is 28.5 Å². The second-order valence-electron chi connectivity index (χ2n) is 14.2. The number of aromatic nitrogens is 11. The fourth-order valence-corrected chi connectivity index (χ4v) is 7.04. The molecule has 3 aliphatic heterocycles. The number of para-hydroxylation sites is 2. The maximum atomic E-state index is 13.6. The molecule has 3 N–H and O–H groups in total. The maximum Gasteiger partial charge on any atom is 0.274 e. The van der Waals surface area contributed by atoms with Gasteiger partial charge >= 0.3 is 0 Å². The highest BCUT2D eigenvalue weighted by molar-refractivity contribution is 6.05. The zero-order valence-corrected chi connectivity index (χ0v) is 31.7. The third-order valence-corrected chi connectivity index (χ3v) is 10.1. The van der Waals surface area contributed by atoms with Crippen molar-refractivity contribution in [2.75, 3.05) is 56.0 Å². The summed E-state index contributed by atoms with van der Waals surface area (Å²) < 4.78 is 38.5. The third-order valence-electron chi connectivity index (χ3n) is 10.1. The number of morpholine rings is 1. The molecule has 296 valence electrons. The Bertz CT molecular complexity index is 2400. The molecular formula is C38H43FN14O4. The molecule has 19 heteroatoms. The predicted molar refractivity (Wildman–Crippen MR) is 207 cm³/mol. The van der Waals surface area contributed by atoms with Crippen LogP contribution in [0.4, 0.5) is 21.5 Å². The van der Waals surface area contributed by atoms with E-state index in [1.165, 1.54) is 12.8 Å². The molecule has 2 aromatic carbocycles. The number of tetrazole rings is 2. The van der Waals surface area contributed by atoms with Gasteiger partial charge in [0.05, 0.1) is 85.4 Å². The summed E-state index contributed by atoms with van der Waals surface area (Å²) in [5.41, 5.74) is 11.8. The van der Waals surface area contributed by atoms with Crippen LogP contribution in [0.3, 0.4) is 0 Å². The number of hydrogen-bond acceptors (Lipinski definition) is 14. The number of nitrogen functional groups attached to an aromatic ring is 1. The minimum absolute atomic E-state index is 0.0543. The Kier molecular flexibility index (Phi) is 10.1. The molecule has 3 atom stereocenters. The Morgan fingerprint density at radius 2 is 1.60 bits per heavy atom. The zero-order chi connectivity index (χ0) is 40.3. The van der Waals surface area contributed by atoms with Gasteiger partial charge in [-0.05, 0) is 84.8 Å². The molecule has 0 bridgehead atoms. The van der Waals surface area contributed by atoms with Gasteiger partial charge in [0.1, 0.15) is 18.9 Å². The van der Waals surface area contributed by atoms with Crippen molar-refractivity contribution >= 4 is 23.0 Å². The standard InChI is InChI=1S/C27H29N9O3.C10H11N5O.CH3F/c1-16-14-39-25-19(26-31-32-33-36(16)26)4-3-5-20(25)30-27(37)21-10-23(35-13-22(29-15-35)18-6-7-18)24(11-28-21)34-8-9-38-17(2)12-34;1-6-5-16-9-7(3-2-4-8(9)11)10-12-13-14-15(6)10;1-2/h3-5,10-11,13,15-18H,6-9,12,14H2,1-2H3,(H,30,37);2-4,6H,5,11H2,1H3;1H3/t16-,17+;6-;/m00./s1/i;;1D. The number of nitrogens with zero attached hydrogens (tertiary/aromatic N) is 12. The third kappa shape index (κ3) is 7.44. The van der Waals surface area contributed by atoms with Gasteiger partial charge in [-0.15, -0.1) is 10.2 Å². The molecule has 0 radical (unpaired) electrons. The summed E-state index contributed by atoms with van der Waals surface area (Å²) in [5, 5.41) is 26.8. The second-order valence-corrected chi connectivity index (χ2v) is 14.2. The quantitative estimate of drug-likeness (QED) is 0.228. The minimum atomic E-state index is -1.00. The Hall–Kier alpha value is -6.50. The Balaban J connectivity index is 0.000000205. The van der Waals surface area contributed by atoms with Gasteiger partial charge in [-0.25, -0.2) is 19.3 Å². The molecule has 1 saturated carbocycles. The lowest BCUT2D eigenvalue weighted by Crippen LogP contribution is -2.41. The molecule has 18 nitrogen and oxygen atoms in total. The van der Waals surface area contributed by atoms with Crippen molar-refractivity contribution in [3.63, 3.8) is 0 Å². The summed E-state index contributed by atoms with van der Waals surface area (Å²) >= 11 is 0. The van der Waals surface area contributed by atoms with Crippen LogP contribution in [0.2, 0.25) is 0 Å². The zero-order valence-electron chi connectivity index (χ0n) is 32.7. The van der Waals surface area contributed by atoms with E-state index >= 15 is 0 Å². The second kappa shape index (κ2) is 15.9. The summed E-state index contributed by atoms with van der Waals surface area (Å²) in [7, 11) is -1.00. The number of ether oxygens (including phenoxy) is 3. The van der Waals surface area contributed by atoms with Crippen LogP contribution in [0.15, 0.2) is 61.2 Å². The van der Waals surface area contributed by atoms with Crippen molar-refractivity contribution in [1.29, 1.82) is 0 Å². The minimum Gasteiger partial charge on any atom is -0.488 e. The molecule has 0 spiro atoms. The first-order valence-electron chi connectivity index (χ1n) is 19.4. The van der Waals surface area contributed by atoms with Crippen molar-refractivity contribution in [3.05, 3.63) is 72.6 Å². The summed E-state index contributed by atoms with van der Waals surface area (Å²) in [6.07, 6.45) is 8.12. The maximum absolute atomic E-state index is 13.6. The molecule has 6 aromatic rings. The number of carbonyl (C=O) groups excluding carboxylic acids is 1. The normalized spacial score (nSPS) is 19.5. The van der Waals surface area contributed by atoms with E-state index in [9.17, 15) is 9.18 Å². The number of amides is 1. The number of fused-ring (bicyclic) bond motifs is 6. The summed E-state index contributed by atoms with van der Waals surface area (Å²) in [5.74, 6) is 2.70. The fourth-order valence-electron chi connectivity index (χ4n) is 7.04. The van der Waals surface area contributed by atoms with Gasteiger partial charge in [0.15, 0.2) is 23.1 Å². The van der Waals surface area contributed by atoms with Crippen LogP contribution in [-0.4, -0.2) is 107 Å². The van der Waals surface area contributed by atoms with Crippen LogP contribution < -0.4 is 25.4 Å². The van der Waals surface area contributed by atoms with Gasteiger partial charge in [0, 0.05) is 25.2 Å². The Morgan fingerprint density at radius 1 is 0.930 bits per heavy atom. The molecule has 10 rings (SSSR count). The van der Waals surface area contributed by atoms with Gasteiger partial charge in [0.25, 0.3) is 5.91 Å². The number of nitrogens with one attached hydrogen (secondary N) is 1. The number of nitrogens with two attached hydrogens (primary N) is 1. The summed E-state index contributed by atoms with van der Waals surface area (Å²) in [4.78, 5) is 25.0. The molecule has 1 saturated heterocycles. The van der Waals surface area contributed by atoms with Crippen molar-refractivity contribution in [2.24, 2.45) is 0 Å². The van der Waals surface area contributed by atoms with Crippen LogP contribution in [0.1, 0.15) is 69.2 Å². The molecule has 1 amide bonds. The van der Waals surface area contributed by atoms with E-state index in [-0.39, 0.29) is 24.1 Å². The van der Waals surface area contributed by atoms with Crippen molar-refractivity contribution in [1.82, 2.24) is 54.9 Å². The van der Waals surface area contributed by atoms with E-state index in [1.54, 1.807) is 15.6 Å². The fraction of sp³-hybridized carbons (Fsp3) is 0.395. The van der Waals surface area contributed by atoms with Crippen LogP contribution in [-0.2, 0) is 4.74 Å². The molecule has 4 aliphatic rings. The highest BCUT2D eigenvalue weighted by atomic mass is 19.1. The number of halogens is 1. The molecule has 0 unspecified atom stereocenters. The molecule has 2 fully saturated rings. The van der Waals surface area contributed by atoms with E-state index in [4.69, 9.17) is 21.3 Å². The van der Waals surface area contributed by atoms with Crippen molar-refractivity contribution in [3.8, 4) is 40.0 Å². The topological polar surface area (TPSA) is 204 Å². The van der Waals surface area contributed by atoms with E-state index in [0.717, 1.165) is 41.3 Å². The highest BCUT2D eigenvalue weighted by Crippen LogP contribution is 2.41. The molecule has 1 aliphatic carbocycles. The number of alkyl halides is 1. The van der Waals surface area contributed by atoms with Crippen LogP contribution in [0.5, 0.6) is 11.5 Å². The molecule has 7 heterocycles. The highest BCUT2D eigenvalue weighted by Gasteiger charge is 2.29. The van der Waals surface area contributed by atoms with E-state index < -0.39 is 7.15 Å². The molecule has 57 heavy (non-hydrogen) atoms. The smallest absolute Gasteiger partial charge is 0.274 e. The molecular weight excluding hydrogens is 736 g/mol. The van der Waals surface area contributed by atoms with Gasteiger partial charge in [-0.1, -0.05) is 12.1 Å². The number of hydrogen-bond donors (Lipinski definition) is 2. The monoisotopic (exact) mass is 779 g/mol. The first-order chi connectivity index (χ1) is 28.2. The largest absolute Gasteiger partial charge is 0.488 e. The molecule has 4 aromatic heterocycles. The SMILES string of the molecule is C[C@@H]1CN(c2cnc(C(=O)Nc3cccc4c3OC[C@H](C)n3nnnc3-4)cc2-n2cnc(C3CC3)c2)CCO1.C[C@H]1COc2c(N)cccc2-c2nnnn21.[2H]CF. The van der Waals surface area contributed by atoms with E-state index in [2.05, 4.69) is 64.4 Å². The van der Waals surface area contributed by atoms with Crippen molar-refractivity contribution < 1.29 is 24.8 Å². The van der Waals surface area contributed by atoms with E-state index in [1.807, 2.05) is 67.2 Å². The number of anilines is 3. The summed E-state index contributed by atoms with van der Waals surface area (Å²) in [6, 6.07) is 13.0. The number of benzene rings is 2. The lowest BCUT2D eigenvalue weighted by Gasteiger charge is -2.34. The first-order valence-corrected chi connectivity index (χ1v) is 18.6. The predicted octanol–water partition coefficient (Wildman–Crippen LogP) is 4.69. The average molecular weight is 780 g/mol. The Morgan fingerprint density at radius 3 is 2.28 bits per heavy atom.